The van der Waals surface area contributed by atoms with Crippen molar-refractivity contribution in [2.24, 2.45) is 0 Å². The Bertz CT molecular complexity index is 1050. The highest BCUT2D eigenvalue weighted by molar-refractivity contribution is 5.94. The van der Waals surface area contributed by atoms with E-state index in [2.05, 4.69) is 15.4 Å². The second-order valence-electron chi connectivity index (χ2n) is 6.65. The van der Waals surface area contributed by atoms with Crippen molar-refractivity contribution in [1.29, 1.82) is 0 Å². The van der Waals surface area contributed by atoms with Crippen molar-refractivity contribution in [1.82, 2.24) is 14.8 Å². The van der Waals surface area contributed by atoms with Crippen molar-refractivity contribution in [3.05, 3.63) is 66.2 Å². The van der Waals surface area contributed by atoms with Crippen LogP contribution in [0.2, 0.25) is 0 Å². The van der Waals surface area contributed by atoms with Gasteiger partial charge in [-0.15, -0.1) is 0 Å². The minimum absolute atomic E-state index is 0.0222. The molecular weight excluding hydrogens is 413 g/mol. The first-order valence-electron chi connectivity index (χ1n) is 9.34. The van der Waals surface area contributed by atoms with E-state index >= 15 is 0 Å². The van der Waals surface area contributed by atoms with Gasteiger partial charge < -0.3 is 10.1 Å². The van der Waals surface area contributed by atoms with Crippen molar-refractivity contribution in [2.75, 3.05) is 11.9 Å². The zero-order valence-electron chi connectivity index (χ0n) is 16.5. The molecule has 7 nitrogen and oxygen atoms in total. The number of nitrogens with zero attached hydrogens (tertiary/aromatic N) is 3. The summed E-state index contributed by atoms with van der Waals surface area (Å²) in [6, 6.07) is 9.60. The molecule has 31 heavy (non-hydrogen) atoms. The van der Waals surface area contributed by atoms with Crippen molar-refractivity contribution >= 4 is 17.4 Å². The minimum atomic E-state index is -4.55. The maximum absolute atomic E-state index is 13.1. The molecule has 0 spiro atoms. The lowest BCUT2D eigenvalue weighted by Gasteiger charge is -2.14. The van der Waals surface area contributed by atoms with Gasteiger partial charge in [0, 0.05) is 12.0 Å². The molecule has 0 saturated heterocycles. The Morgan fingerprint density at radius 3 is 2.48 bits per heavy atom. The van der Waals surface area contributed by atoms with Gasteiger partial charge in [-0.05, 0) is 55.8 Å². The minimum Gasteiger partial charge on any atom is -0.494 e. The number of hydrogen-bond acceptors (Lipinski definition) is 5. The van der Waals surface area contributed by atoms with Crippen LogP contribution in [0, 0.1) is 0 Å². The molecule has 3 rings (SSSR count). The molecule has 0 radical (unpaired) electrons. The van der Waals surface area contributed by atoms with Crippen LogP contribution >= 0.6 is 0 Å². The second kappa shape index (κ2) is 9.41. The Morgan fingerprint density at radius 1 is 1.13 bits per heavy atom. The van der Waals surface area contributed by atoms with Crippen LogP contribution in [0.1, 0.15) is 35.7 Å². The number of Topliss-reactive ketones (excluding diaryl/α,β-unsaturated/α-hetero) is 1. The number of amides is 1. The Hall–Kier alpha value is -3.69. The normalized spacial score (nSPS) is 11.2. The number of hydrogen-bond donors (Lipinski definition) is 1. The molecule has 162 valence electrons. The van der Waals surface area contributed by atoms with Crippen LogP contribution in [-0.4, -0.2) is 33.1 Å². The lowest BCUT2D eigenvalue weighted by molar-refractivity contribution is -0.137. The molecule has 2 aromatic carbocycles. The highest BCUT2D eigenvalue weighted by Gasteiger charge is 2.31. The average molecular weight is 432 g/mol. The van der Waals surface area contributed by atoms with Gasteiger partial charge in [-0.1, -0.05) is 0 Å². The zero-order chi connectivity index (χ0) is 22.4. The largest absolute Gasteiger partial charge is 0.494 e. The van der Waals surface area contributed by atoms with Crippen LogP contribution in [0.25, 0.3) is 5.69 Å². The quantitative estimate of drug-likeness (QED) is 0.424. The van der Waals surface area contributed by atoms with E-state index in [1.165, 1.54) is 30.3 Å². The predicted molar refractivity (Wildman–Crippen MR) is 106 cm³/mol. The van der Waals surface area contributed by atoms with E-state index in [0.717, 1.165) is 12.1 Å². The fourth-order valence-corrected chi connectivity index (χ4v) is 2.77. The molecule has 0 aliphatic rings. The van der Waals surface area contributed by atoms with Crippen molar-refractivity contribution < 1.29 is 27.5 Å². The summed E-state index contributed by atoms with van der Waals surface area (Å²) in [6.45, 7) is 1.69. The van der Waals surface area contributed by atoms with E-state index in [0.29, 0.717) is 17.7 Å². The number of halogens is 3. The third-order valence-corrected chi connectivity index (χ3v) is 4.34. The smallest absolute Gasteiger partial charge is 0.416 e. The summed E-state index contributed by atoms with van der Waals surface area (Å²) in [4.78, 5) is 27.3. The summed E-state index contributed by atoms with van der Waals surface area (Å²) in [5.74, 6) is 0.0380. The number of benzene rings is 2. The van der Waals surface area contributed by atoms with Crippen LogP contribution in [-0.2, 0) is 11.0 Å². The molecule has 1 amide bonds. The standard InChI is InChI=1S/C21H19F3N4O3/c1-14(29)15-4-7-17(8-5-15)31-10-2-3-20(30)27-18-11-16(21(22,23)24)6-9-19(18)28-13-25-12-26-28/h4-9,11-13H,2-3,10H2,1H3,(H,27,30). The van der Waals surface area contributed by atoms with Crippen LogP contribution in [0.15, 0.2) is 55.1 Å². The Labute approximate surface area is 175 Å². The highest BCUT2D eigenvalue weighted by atomic mass is 19.4. The molecule has 1 aromatic heterocycles. The van der Waals surface area contributed by atoms with Crippen molar-refractivity contribution in [3.63, 3.8) is 0 Å². The summed E-state index contributed by atoms with van der Waals surface area (Å²) < 4.78 is 46.0. The first-order chi connectivity index (χ1) is 14.7. The molecule has 1 N–H and O–H groups in total. The van der Waals surface area contributed by atoms with E-state index in [1.807, 2.05) is 0 Å². The number of nitrogens with one attached hydrogen (secondary N) is 1. The van der Waals surface area contributed by atoms with Gasteiger partial charge >= 0.3 is 6.18 Å². The Kier molecular flexibility index (Phi) is 6.68. The summed E-state index contributed by atoms with van der Waals surface area (Å²) in [6.07, 6.45) is -1.60. The van der Waals surface area contributed by atoms with Gasteiger partial charge in [0.2, 0.25) is 5.91 Å². The second-order valence-corrected chi connectivity index (χ2v) is 6.65. The number of anilines is 1. The van der Waals surface area contributed by atoms with E-state index in [9.17, 15) is 22.8 Å². The third-order valence-electron chi connectivity index (χ3n) is 4.34. The molecule has 0 aliphatic heterocycles. The zero-order valence-corrected chi connectivity index (χ0v) is 16.5. The number of ketones is 1. The maximum Gasteiger partial charge on any atom is 0.416 e. The van der Waals surface area contributed by atoms with Gasteiger partial charge in [0.15, 0.2) is 5.78 Å². The fraction of sp³-hybridized carbons (Fsp3) is 0.238. The van der Waals surface area contributed by atoms with Crippen LogP contribution in [0.4, 0.5) is 18.9 Å². The van der Waals surface area contributed by atoms with Crippen LogP contribution in [0.5, 0.6) is 5.75 Å². The van der Waals surface area contributed by atoms with Gasteiger partial charge in [-0.25, -0.2) is 9.67 Å². The van der Waals surface area contributed by atoms with Crippen LogP contribution < -0.4 is 10.1 Å². The number of aromatic nitrogens is 3. The third kappa shape index (κ3) is 5.91. The summed E-state index contributed by atoms with van der Waals surface area (Å²) in [5.41, 5.74) is -0.0771. The van der Waals surface area contributed by atoms with E-state index in [-0.39, 0.29) is 30.2 Å². The molecule has 3 aromatic rings. The monoisotopic (exact) mass is 432 g/mol. The van der Waals surface area contributed by atoms with Gasteiger partial charge in [0.1, 0.15) is 18.4 Å². The number of ether oxygens (including phenoxy) is 1. The van der Waals surface area contributed by atoms with Crippen LogP contribution in [0.3, 0.4) is 0 Å². The maximum atomic E-state index is 13.1. The average Bonchev–Trinajstić information content (AvgIpc) is 3.25. The molecule has 1 heterocycles. The molecule has 0 fully saturated rings. The van der Waals surface area contributed by atoms with Crippen molar-refractivity contribution in [2.45, 2.75) is 25.9 Å². The summed E-state index contributed by atoms with van der Waals surface area (Å²) >= 11 is 0. The topological polar surface area (TPSA) is 86.1 Å². The molecule has 0 bridgehead atoms. The fourth-order valence-electron chi connectivity index (χ4n) is 2.77. The number of alkyl halides is 3. The first kappa shape index (κ1) is 22.0. The number of carbonyl (C=O) groups excluding carboxylic acids is 2. The Morgan fingerprint density at radius 2 is 1.87 bits per heavy atom. The molecule has 0 saturated carbocycles. The summed E-state index contributed by atoms with van der Waals surface area (Å²) in [7, 11) is 0. The first-order valence-corrected chi connectivity index (χ1v) is 9.34. The van der Waals surface area contributed by atoms with Crippen molar-refractivity contribution in [3.8, 4) is 11.4 Å². The lowest BCUT2D eigenvalue weighted by atomic mass is 10.1. The van der Waals surface area contributed by atoms with Gasteiger partial charge in [0.25, 0.3) is 0 Å². The summed E-state index contributed by atoms with van der Waals surface area (Å²) in [5, 5.41) is 6.41. The van der Waals surface area contributed by atoms with E-state index in [1.54, 1.807) is 24.3 Å². The van der Waals surface area contributed by atoms with E-state index < -0.39 is 17.6 Å². The molecule has 0 unspecified atom stereocenters. The SMILES string of the molecule is CC(=O)c1ccc(OCCCC(=O)Nc2cc(C(F)(F)F)ccc2-n2cncn2)cc1. The van der Waals surface area contributed by atoms with E-state index in [4.69, 9.17) is 4.74 Å². The number of rotatable bonds is 8. The number of carbonyl (C=O) groups is 2. The molecule has 10 heteroatoms. The lowest BCUT2D eigenvalue weighted by Crippen LogP contribution is -2.16. The molecular formula is C21H19F3N4O3. The van der Waals surface area contributed by atoms with Gasteiger partial charge in [0.05, 0.1) is 23.5 Å². The highest BCUT2D eigenvalue weighted by Crippen LogP contribution is 2.33. The van der Waals surface area contributed by atoms with Gasteiger partial charge in [-0.2, -0.15) is 18.3 Å². The predicted octanol–water partition coefficient (Wildman–Crippen LogP) is 4.29. The molecule has 0 atom stereocenters. The molecule has 0 aliphatic carbocycles. The Balaban J connectivity index is 1.59. The van der Waals surface area contributed by atoms with Gasteiger partial charge in [-0.3, -0.25) is 9.59 Å².